The minimum atomic E-state index is -3.95. The predicted molar refractivity (Wildman–Crippen MR) is 96.2 cm³/mol. The molecule has 0 spiro atoms. The molecule has 0 saturated carbocycles. The number of carbonyl (C=O) groups excluding carboxylic acids is 1. The molecule has 10 heteroatoms. The normalized spacial score (nSPS) is 12.6. The van der Waals surface area contributed by atoms with Crippen LogP contribution in [0.3, 0.4) is 0 Å². The highest BCUT2D eigenvalue weighted by atomic mass is 35.5. The van der Waals surface area contributed by atoms with Crippen molar-refractivity contribution in [2.24, 2.45) is 0 Å². The van der Waals surface area contributed by atoms with Crippen molar-refractivity contribution in [1.29, 1.82) is 0 Å². The van der Waals surface area contributed by atoms with E-state index in [4.69, 9.17) is 11.6 Å². The highest BCUT2D eigenvalue weighted by molar-refractivity contribution is 7.89. The lowest BCUT2D eigenvalue weighted by Crippen LogP contribution is -2.44. The number of alkyl halides is 2. The molecule has 0 saturated heterocycles. The standard InChI is InChI=1S/C17H17ClF2N2O4S/c1-11(22-27(24,25)14-7-4-6-13(18)9-14)16(23)21-10-12-5-2-3-8-15(12)26-17(19)20/h2-9,11,17,22H,10H2,1H3,(H,21,23)/t11-/m0/s1. The van der Waals surface area contributed by atoms with Gasteiger partial charge < -0.3 is 10.1 Å². The van der Waals surface area contributed by atoms with Crippen LogP contribution in [0.5, 0.6) is 5.75 Å². The van der Waals surface area contributed by atoms with Crippen molar-refractivity contribution in [2.75, 3.05) is 0 Å². The number of halogens is 3. The van der Waals surface area contributed by atoms with Crippen LogP contribution in [-0.2, 0) is 21.4 Å². The van der Waals surface area contributed by atoms with Gasteiger partial charge in [0.1, 0.15) is 5.75 Å². The number of ether oxygens (including phenoxy) is 1. The van der Waals surface area contributed by atoms with Crippen molar-refractivity contribution in [3.63, 3.8) is 0 Å². The van der Waals surface area contributed by atoms with Crippen LogP contribution in [0.1, 0.15) is 12.5 Å². The number of amides is 1. The Kier molecular flexibility index (Phi) is 7.11. The van der Waals surface area contributed by atoms with Crippen molar-refractivity contribution in [2.45, 2.75) is 31.0 Å². The van der Waals surface area contributed by atoms with Crippen LogP contribution in [0.2, 0.25) is 5.02 Å². The predicted octanol–water partition coefficient (Wildman–Crippen LogP) is 2.92. The van der Waals surface area contributed by atoms with Crippen LogP contribution in [-0.4, -0.2) is 27.0 Å². The number of hydrogen-bond acceptors (Lipinski definition) is 4. The van der Waals surface area contributed by atoms with Crippen molar-refractivity contribution in [1.82, 2.24) is 10.0 Å². The summed E-state index contributed by atoms with van der Waals surface area (Å²) in [5, 5.41) is 2.72. The van der Waals surface area contributed by atoms with E-state index in [1.807, 2.05) is 0 Å². The maximum absolute atomic E-state index is 12.4. The first-order valence-electron chi connectivity index (χ1n) is 7.77. The number of carbonyl (C=O) groups is 1. The molecule has 2 aromatic rings. The first-order valence-corrected chi connectivity index (χ1v) is 9.63. The number of sulfonamides is 1. The number of hydrogen-bond donors (Lipinski definition) is 2. The summed E-state index contributed by atoms with van der Waals surface area (Å²) in [4.78, 5) is 12.1. The van der Waals surface area contributed by atoms with Crippen LogP contribution in [0.15, 0.2) is 53.4 Å². The van der Waals surface area contributed by atoms with Gasteiger partial charge in [0, 0.05) is 17.1 Å². The van der Waals surface area contributed by atoms with Crippen LogP contribution in [0.4, 0.5) is 8.78 Å². The van der Waals surface area contributed by atoms with Gasteiger partial charge in [-0.1, -0.05) is 35.9 Å². The molecule has 1 atom stereocenters. The van der Waals surface area contributed by atoms with Gasteiger partial charge in [-0.15, -0.1) is 0 Å². The van der Waals surface area contributed by atoms with Gasteiger partial charge in [0.2, 0.25) is 15.9 Å². The molecule has 27 heavy (non-hydrogen) atoms. The molecule has 146 valence electrons. The topological polar surface area (TPSA) is 84.5 Å². The lowest BCUT2D eigenvalue weighted by Gasteiger charge is -2.16. The fourth-order valence-corrected chi connectivity index (χ4v) is 3.69. The molecule has 0 radical (unpaired) electrons. The third-order valence-electron chi connectivity index (χ3n) is 3.47. The molecule has 0 bridgehead atoms. The van der Waals surface area contributed by atoms with E-state index in [-0.39, 0.29) is 22.2 Å². The Hall–Kier alpha value is -2.23. The third kappa shape index (κ3) is 6.16. The largest absolute Gasteiger partial charge is 0.434 e. The molecule has 6 nitrogen and oxygen atoms in total. The maximum atomic E-state index is 12.4. The summed E-state index contributed by atoms with van der Waals surface area (Å²) in [6, 6.07) is 10.5. The molecule has 0 unspecified atom stereocenters. The van der Waals surface area contributed by atoms with E-state index in [1.54, 1.807) is 6.07 Å². The van der Waals surface area contributed by atoms with Gasteiger partial charge in [-0.3, -0.25) is 4.79 Å². The minimum Gasteiger partial charge on any atom is -0.434 e. The second-order valence-corrected chi connectivity index (χ2v) is 7.65. The highest BCUT2D eigenvalue weighted by Gasteiger charge is 2.22. The molecular weight excluding hydrogens is 402 g/mol. The van der Waals surface area contributed by atoms with Gasteiger partial charge in [0.05, 0.1) is 10.9 Å². The van der Waals surface area contributed by atoms with E-state index in [0.29, 0.717) is 5.56 Å². The molecule has 0 fully saturated rings. The molecule has 1 amide bonds. The van der Waals surface area contributed by atoms with Crippen molar-refractivity contribution < 1.29 is 26.7 Å². The Labute approximate surface area is 160 Å². The molecule has 0 heterocycles. The van der Waals surface area contributed by atoms with E-state index in [0.717, 1.165) is 0 Å². The SMILES string of the molecule is C[C@H](NS(=O)(=O)c1cccc(Cl)c1)C(=O)NCc1ccccc1OC(F)F. The average Bonchev–Trinajstić information content (AvgIpc) is 2.60. The lowest BCUT2D eigenvalue weighted by atomic mass is 10.2. The summed E-state index contributed by atoms with van der Waals surface area (Å²) < 4.78 is 56.0. The number of rotatable bonds is 8. The van der Waals surface area contributed by atoms with Gasteiger partial charge in [-0.05, 0) is 31.2 Å². The molecular formula is C17H17ClF2N2O4S. The van der Waals surface area contributed by atoms with Crippen molar-refractivity contribution >= 4 is 27.5 Å². The third-order valence-corrected chi connectivity index (χ3v) is 5.25. The smallest absolute Gasteiger partial charge is 0.387 e. The molecule has 2 aromatic carbocycles. The summed E-state index contributed by atoms with van der Waals surface area (Å²) >= 11 is 5.78. The molecule has 2 rings (SSSR count). The molecule has 2 N–H and O–H groups in total. The van der Waals surface area contributed by atoms with Gasteiger partial charge in [0.25, 0.3) is 0 Å². The van der Waals surface area contributed by atoms with Crippen LogP contribution >= 0.6 is 11.6 Å². The zero-order chi connectivity index (χ0) is 20.0. The summed E-state index contributed by atoms with van der Waals surface area (Å²) in [7, 11) is -3.95. The quantitative estimate of drug-likeness (QED) is 0.690. The molecule has 0 aromatic heterocycles. The average molecular weight is 419 g/mol. The fourth-order valence-electron chi connectivity index (χ4n) is 2.18. The fraction of sp³-hybridized carbons (Fsp3) is 0.235. The van der Waals surface area contributed by atoms with Crippen LogP contribution in [0.25, 0.3) is 0 Å². The van der Waals surface area contributed by atoms with Crippen LogP contribution < -0.4 is 14.8 Å². The second kappa shape index (κ2) is 9.12. The van der Waals surface area contributed by atoms with E-state index >= 15 is 0 Å². The Morgan fingerprint density at radius 3 is 2.56 bits per heavy atom. The lowest BCUT2D eigenvalue weighted by molar-refractivity contribution is -0.122. The summed E-state index contributed by atoms with van der Waals surface area (Å²) in [6.07, 6.45) is 0. The molecule has 0 aliphatic heterocycles. The molecule has 0 aliphatic carbocycles. The minimum absolute atomic E-state index is 0.0695. The van der Waals surface area contributed by atoms with Crippen LogP contribution in [0, 0.1) is 0 Å². The Balaban J connectivity index is 2.00. The van der Waals surface area contributed by atoms with Gasteiger partial charge >= 0.3 is 6.61 Å². The van der Waals surface area contributed by atoms with Crippen molar-refractivity contribution in [3.8, 4) is 5.75 Å². The first-order chi connectivity index (χ1) is 12.7. The van der Waals surface area contributed by atoms with E-state index in [2.05, 4.69) is 14.8 Å². The van der Waals surface area contributed by atoms with Gasteiger partial charge in [0.15, 0.2) is 0 Å². The Morgan fingerprint density at radius 2 is 1.89 bits per heavy atom. The maximum Gasteiger partial charge on any atom is 0.387 e. The van der Waals surface area contributed by atoms with E-state index < -0.39 is 28.6 Å². The zero-order valence-corrected chi connectivity index (χ0v) is 15.7. The number of nitrogens with one attached hydrogen (secondary N) is 2. The van der Waals surface area contributed by atoms with Crippen molar-refractivity contribution in [3.05, 3.63) is 59.1 Å². The summed E-state index contributed by atoms with van der Waals surface area (Å²) in [5.74, 6) is -0.701. The summed E-state index contributed by atoms with van der Waals surface area (Å²) in [5.41, 5.74) is 0.330. The number of para-hydroxylation sites is 1. The number of benzene rings is 2. The van der Waals surface area contributed by atoms with Gasteiger partial charge in [-0.2, -0.15) is 13.5 Å². The first kappa shape index (κ1) is 21.1. The Morgan fingerprint density at radius 1 is 1.19 bits per heavy atom. The zero-order valence-electron chi connectivity index (χ0n) is 14.2. The Bertz CT molecular complexity index is 909. The van der Waals surface area contributed by atoms with E-state index in [1.165, 1.54) is 49.4 Å². The molecule has 0 aliphatic rings. The monoisotopic (exact) mass is 418 g/mol. The highest BCUT2D eigenvalue weighted by Crippen LogP contribution is 2.20. The second-order valence-electron chi connectivity index (χ2n) is 5.50. The van der Waals surface area contributed by atoms with Gasteiger partial charge in [-0.25, -0.2) is 8.42 Å². The summed E-state index contributed by atoms with van der Waals surface area (Å²) in [6.45, 7) is -1.74. The van der Waals surface area contributed by atoms with E-state index in [9.17, 15) is 22.0 Å².